The molecule has 0 radical (unpaired) electrons. The number of hydrogen-bond donors (Lipinski definition) is 0. The van der Waals surface area contributed by atoms with E-state index in [9.17, 15) is 9.59 Å². The number of ether oxygens (including phenoxy) is 3. The molecule has 2 amide bonds. The number of anilines is 1. The van der Waals surface area contributed by atoms with Gasteiger partial charge in [0.15, 0.2) is 5.65 Å². The lowest BCUT2D eigenvalue weighted by atomic mass is 10.1. The second-order valence-corrected chi connectivity index (χ2v) is 9.53. The molecule has 3 aliphatic heterocycles. The molecule has 3 fully saturated rings. The molecule has 0 aliphatic carbocycles. The highest BCUT2D eigenvalue weighted by Crippen LogP contribution is 2.32. The predicted octanol–water partition coefficient (Wildman–Crippen LogP) is 1.45. The smallest absolute Gasteiger partial charge is 0.410 e. The number of hydrogen-bond acceptors (Lipinski definition) is 9. The van der Waals surface area contributed by atoms with Gasteiger partial charge < -0.3 is 28.9 Å². The summed E-state index contributed by atoms with van der Waals surface area (Å²) in [7, 11) is 1.72. The van der Waals surface area contributed by atoms with Crippen LogP contribution in [-0.4, -0.2) is 107 Å². The van der Waals surface area contributed by atoms with Gasteiger partial charge in [-0.3, -0.25) is 4.79 Å². The first kappa shape index (κ1) is 23.5. The van der Waals surface area contributed by atoms with Crippen molar-refractivity contribution in [2.75, 3.05) is 57.9 Å². The maximum absolute atomic E-state index is 12.6. The van der Waals surface area contributed by atoms with Gasteiger partial charge in [-0.05, 0) is 18.2 Å². The van der Waals surface area contributed by atoms with E-state index in [1.165, 1.54) is 0 Å². The second-order valence-electron chi connectivity index (χ2n) is 9.53. The maximum Gasteiger partial charge on any atom is 0.410 e. The van der Waals surface area contributed by atoms with Gasteiger partial charge in [-0.2, -0.15) is 5.10 Å². The van der Waals surface area contributed by atoms with Crippen LogP contribution in [0.1, 0.15) is 12.8 Å². The van der Waals surface area contributed by atoms with Crippen LogP contribution in [0.4, 0.5) is 10.6 Å². The van der Waals surface area contributed by atoms with Crippen molar-refractivity contribution in [1.29, 1.82) is 0 Å². The number of aromatic nitrogens is 4. The normalized spacial score (nSPS) is 22.2. The number of fused-ring (bicyclic) bond motifs is 1. The first-order valence-corrected chi connectivity index (χ1v) is 12.5. The molecule has 2 atom stereocenters. The molecule has 12 heteroatoms. The second kappa shape index (κ2) is 9.85. The quantitative estimate of drug-likeness (QED) is 0.506. The van der Waals surface area contributed by atoms with Crippen molar-refractivity contribution in [2.45, 2.75) is 25.0 Å². The Balaban J connectivity index is 1.15. The highest BCUT2D eigenvalue weighted by Gasteiger charge is 2.32. The molecule has 3 aliphatic rings. The van der Waals surface area contributed by atoms with E-state index in [4.69, 9.17) is 19.2 Å². The van der Waals surface area contributed by atoms with Crippen molar-refractivity contribution in [3.05, 3.63) is 36.8 Å². The first-order chi connectivity index (χ1) is 18.0. The summed E-state index contributed by atoms with van der Waals surface area (Å²) in [5.74, 6) is 1.35. The standard InChI is InChI=1S/C25H29N7O5/c1-29-15-18(13-22(29)33)37-25(34)31-10-8-30(9-11-31)21-4-7-32-23(28-21)20(14-27-32)19-3-2-6-26-24(19)36-17-5-12-35-16-17/h2-4,6-7,14,17-18H,5,8-13,15-16H2,1H3/t17?,18-/m0/s1. The molecule has 0 aromatic carbocycles. The molecule has 6 rings (SSSR count). The van der Waals surface area contributed by atoms with E-state index in [0.29, 0.717) is 57.5 Å². The van der Waals surface area contributed by atoms with Crippen molar-refractivity contribution in [3.8, 4) is 17.0 Å². The molecule has 3 aromatic heterocycles. The van der Waals surface area contributed by atoms with E-state index in [1.807, 2.05) is 24.4 Å². The van der Waals surface area contributed by atoms with Crippen molar-refractivity contribution >= 4 is 23.5 Å². The zero-order chi connectivity index (χ0) is 25.4. The van der Waals surface area contributed by atoms with E-state index < -0.39 is 0 Å². The lowest BCUT2D eigenvalue weighted by Crippen LogP contribution is -2.49. The van der Waals surface area contributed by atoms with E-state index in [1.54, 1.807) is 33.8 Å². The SMILES string of the molecule is CN1C[C@@H](OC(=O)N2CCN(c3ccn4ncc(-c5cccnc5OC5CCOC5)c4n3)CC2)CC1=O. The van der Waals surface area contributed by atoms with Crippen LogP contribution in [0.5, 0.6) is 5.88 Å². The lowest BCUT2D eigenvalue weighted by molar-refractivity contribution is -0.126. The number of carbonyl (C=O) groups is 2. The first-order valence-electron chi connectivity index (χ1n) is 12.5. The minimum atomic E-state index is -0.380. The number of likely N-dealkylation sites (tertiary alicyclic amines) is 1. The Morgan fingerprint density at radius 1 is 1.14 bits per heavy atom. The van der Waals surface area contributed by atoms with Crippen LogP contribution < -0.4 is 9.64 Å². The minimum Gasteiger partial charge on any atom is -0.471 e. The average molecular weight is 508 g/mol. The molecule has 6 heterocycles. The topological polar surface area (TPSA) is 115 Å². The molecule has 194 valence electrons. The van der Waals surface area contributed by atoms with Crippen LogP contribution in [0.2, 0.25) is 0 Å². The third-order valence-corrected chi connectivity index (χ3v) is 7.02. The zero-order valence-corrected chi connectivity index (χ0v) is 20.7. The van der Waals surface area contributed by atoms with E-state index in [2.05, 4.69) is 15.0 Å². The molecule has 0 spiro atoms. The van der Waals surface area contributed by atoms with Gasteiger partial charge in [0.05, 0.1) is 37.9 Å². The van der Waals surface area contributed by atoms with Crippen LogP contribution in [0.25, 0.3) is 16.8 Å². The van der Waals surface area contributed by atoms with Gasteiger partial charge in [0.25, 0.3) is 0 Å². The number of rotatable bonds is 5. The predicted molar refractivity (Wildman–Crippen MR) is 132 cm³/mol. The van der Waals surface area contributed by atoms with Crippen molar-refractivity contribution in [1.82, 2.24) is 29.4 Å². The molecular weight excluding hydrogens is 478 g/mol. The number of piperazine rings is 1. The Hall–Kier alpha value is -3.93. The fraction of sp³-hybridized carbons (Fsp3) is 0.480. The number of likely N-dealkylation sites (N-methyl/N-ethyl adjacent to an activating group) is 1. The van der Waals surface area contributed by atoms with Gasteiger partial charge in [-0.25, -0.2) is 19.3 Å². The molecule has 3 aromatic rings. The summed E-state index contributed by atoms with van der Waals surface area (Å²) in [6, 6.07) is 5.76. The average Bonchev–Trinajstić information content (AvgIpc) is 3.65. The summed E-state index contributed by atoms with van der Waals surface area (Å²) < 4.78 is 18.9. The number of pyridine rings is 1. The van der Waals surface area contributed by atoms with Crippen LogP contribution in [0.3, 0.4) is 0 Å². The van der Waals surface area contributed by atoms with Gasteiger partial charge in [-0.15, -0.1) is 0 Å². The van der Waals surface area contributed by atoms with Crippen LogP contribution >= 0.6 is 0 Å². The number of nitrogens with zero attached hydrogens (tertiary/aromatic N) is 7. The molecular formula is C25H29N7O5. The summed E-state index contributed by atoms with van der Waals surface area (Å²) in [5.41, 5.74) is 2.37. The minimum absolute atomic E-state index is 0.000784. The molecule has 1 unspecified atom stereocenters. The van der Waals surface area contributed by atoms with Crippen molar-refractivity contribution in [2.24, 2.45) is 0 Å². The van der Waals surface area contributed by atoms with Crippen LogP contribution in [-0.2, 0) is 14.3 Å². The molecule has 0 bridgehead atoms. The Labute approximate surface area is 213 Å². The fourth-order valence-corrected chi connectivity index (χ4v) is 4.92. The molecule has 3 saturated heterocycles. The Bertz CT molecular complexity index is 1300. The monoisotopic (exact) mass is 507 g/mol. The summed E-state index contributed by atoms with van der Waals surface area (Å²) in [6.45, 7) is 3.96. The largest absolute Gasteiger partial charge is 0.471 e. The van der Waals surface area contributed by atoms with Crippen molar-refractivity contribution < 1.29 is 23.8 Å². The van der Waals surface area contributed by atoms with Gasteiger partial charge in [0.1, 0.15) is 18.0 Å². The molecule has 12 nitrogen and oxygen atoms in total. The van der Waals surface area contributed by atoms with Gasteiger partial charge in [0.2, 0.25) is 11.8 Å². The zero-order valence-electron chi connectivity index (χ0n) is 20.7. The summed E-state index contributed by atoms with van der Waals surface area (Å²) in [5, 5.41) is 4.48. The molecule has 0 saturated carbocycles. The van der Waals surface area contributed by atoms with Crippen molar-refractivity contribution in [3.63, 3.8) is 0 Å². The third-order valence-electron chi connectivity index (χ3n) is 7.02. The highest BCUT2D eigenvalue weighted by atomic mass is 16.6. The van der Waals surface area contributed by atoms with Crippen LogP contribution in [0.15, 0.2) is 36.8 Å². The Morgan fingerprint density at radius 2 is 2.00 bits per heavy atom. The molecule has 37 heavy (non-hydrogen) atoms. The maximum atomic E-state index is 12.6. The summed E-state index contributed by atoms with van der Waals surface area (Å²) in [4.78, 5) is 39.1. The number of carbonyl (C=O) groups excluding carboxylic acids is 2. The third kappa shape index (κ3) is 4.76. The summed E-state index contributed by atoms with van der Waals surface area (Å²) >= 11 is 0. The van der Waals surface area contributed by atoms with Gasteiger partial charge in [0, 0.05) is 57.6 Å². The number of amides is 2. The van der Waals surface area contributed by atoms with Gasteiger partial charge >= 0.3 is 6.09 Å². The Morgan fingerprint density at radius 3 is 2.76 bits per heavy atom. The fourth-order valence-electron chi connectivity index (χ4n) is 4.92. The summed E-state index contributed by atoms with van der Waals surface area (Å²) in [6.07, 6.45) is 5.70. The van der Waals surface area contributed by atoms with Gasteiger partial charge in [-0.1, -0.05) is 0 Å². The molecule has 0 N–H and O–H groups in total. The van der Waals surface area contributed by atoms with E-state index >= 15 is 0 Å². The van der Waals surface area contributed by atoms with E-state index in [-0.39, 0.29) is 30.6 Å². The Kier molecular flexibility index (Phi) is 6.25. The lowest BCUT2D eigenvalue weighted by Gasteiger charge is -2.35. The van der Waals surface area contributed by atoms with Crippen LogP contribution in [0, 0.1) is 0 Å². The van der Waals surface area contributed by atoms with E-state index in [0.717, 1.165) is 23.4 Å². The highest BCUT2D eigenvalue weighted by molar-refractivity contribution is 5.81.